The molecular weight excluding hydrogens is 516 g/mol. The molecule has 3 fully saturated rings. The first-order chi connectivity index (χ1) is 18.3. The van der Waals surface area contributed by atoms with Crippen LogP contribution in [0, 0.1) is 35.4 Å². The van der Waals surface area contributed by atoms with Crippen LogP contribution in [0.2, 0.25) is 0 Å². The molecule has 39 heavy (non-hydrogen) atoms. The van der Waals surface area contributed by atoms with Crippen LogP contribution < -0.4 is 5.73 Å². The van der Waals surface area contributed by atoms with Gasteiger partial charge in [0.05, 0.1) is 12.7 Å². The lowest BCUT2D eigenvalue weighted by Crippen LogP contribution is -2.61. The van der Waals surface area contributed by atoms with Gasteiger partial charge in [-0.15, -0.1) is 0 Å². The molecule has 0 radical (unpaired) electrons. The van der Waals surface area contributed by atoms with Crippen LogP contribution in [0.15, 0.2) is 24.3 Å². The van der Waals surface area contributed by atoms with E-state index in [-0.39, 0.29) is 25.0 Å². The van der Waals surface area contributed by atoms with E-state index in [0.29, 0.717) is 23.8 Å². The lowest BCUT2D eigenvalue weighted by atomic mass is 9.75. The molecule has 11 heteroatoms. The molecule has 0 unspecified atom stereocenters. The number of hydrogen-bond donors (Lipinski definition) is 2. The number of rotatable bonds is 9. The van der Waals surface area contributed by atoms with Gasteiger partial charge >= 0.3 is 18.1 Å². The van der Waals surface area contributed by atoms with Gasteiger partial charge in [0, 0.05) is 18.8 Å². The molecular formula is C28H37F2NO8. The largest absolute Gasteiger partial charge is 0.511 e. The van der Waals surface area contributed by atoms with Gasteiger partial charge in [-0.1, -0.05) is 39.3 Å². The molecule has 0 heterocycles. The summed E-state index contributed by atoms with van der Waals surface area (Å²) >= 11 is 0. The van der Waals surface area contributed by atoms with Crippen LogP contribution in [0.3, 0.4) is 0 Å². The van der Waals surface area contributed by atoms with E-state index in [1.165, 1.54) is 25.1 Å². The Morgan fingerprint density at radius 1 is 1.15 bits per heavy atom. The molecule has 0 spiro atoms. The van der Waals surface area contributed by atoms with Gasteiger partial charge in [0.2, 0.25) is 12.0 Å². The molecule has 1 aromatic rings. The predicted molar refractivity (Wildman–Crippen MR) is 133 cm³/mol. The Bertz CT molecular complexity index is 1100. The highest BCUT2D eigenvalue weighted by Crippen LogP contribution is 2.67. The second kappa shape index (κ2) is 11.0. The monoisotopic (exact) mass is 553 g/mol. The fraction of sp³-hybridized carbons (Fsp3) is 0.679. The fourth-order valence-corrected chi connectivity index (χ4v) is 6.43. The zero-order valence-electron chi connectivity index (χ0n) is 22.6. The maximum absolute atomic E-state index is 15.2. The highest BCUT2D eigenvalue weighted by molar-refractivity contribution is 5.91. The summed E-state index contributed by atoms with van der Waals surface area (Å²) in [6, 6.07) is 5.58. The van der Waals surface area contributed by atoms with Crippen molar-refractivity contribution in [2.45, 2.75) is 89.7 Å². The topological polar surface area (TPSA) is 134 Å². The van der Waals surface area contributed by atoms with Crippen LogP contribution in [0.1, 0.15) is 58.9 Å². The number of benzene rings is 1. The molecule has 4 rings (SSSR count). The Labute approximate surface area is 226 Å². The summed E-state index contributed by atoms with van der Waals surface area (Å²) in [5.74, 6) is -4.97. The molecule has 216 valence electrons. The first kappa shape index (κ1) is 29.2. The van der Waals surface area contributed by atoms with Crippen molar-refractivity contribution in [3.05, 3.63) is 35.6 Å². The number of nitrogens with two attached hydrogens (primary N) is 1. The Balaban J connectivity index is 1.41. The minimum absolute atomic E-state index is 0.143. The number of carboxylic acid groups (broad SMARTS) is 1. The summed E-state index contributed by atoms with van der Waals surface area (Å²) < 4.78 is 50.6. The number of carbonyl (C=O) groups excluding carboxylic acids is 2. The van der Waals surface area contributed by atoms with Crippen molar-refractivity contribution in [1.82, 2.24) is 0 Å². The minimum atomic E-state index is -2.71. The van der Waals surface area contributed by atoms with Crippen molar-refractivity contribution in [3.8, 4) is 0 Å². The quantitative estimate of drug-likeness (QED) is 0.338. The molecule has 9 atom stereocenters. The van der Waals surface area contributed by atoms with Crippen molar-refractivity contribution < 1.29 is 47.2 Å². The first-order valence-electron chi connectivity index (χ1n) is 13.4. The number of hydrogen-bond acceptors (Lipinski definition) is 8. The third-order valence-corrected chi connectivity index (χ3v) is 8.57. The van der Waals surface area contributed by atoms with E-state index < -0.39 is 59.3 Å². The Kier molecular flexibility index (Phi) is 8.23. The summed E-state index contributed by atoms with van der Waals surface area (Å²) in [6.45, 7) is 7.36. The molecule has 3 saturated carbocycles. The molecule has 0 aliphatic heterocycles. The SMILES string of the molecule is CC(C)[C@@H]1CC[C@@H](C)C[C@H]1OC(=O)O[C@H](C)OC(=O)[C@@]1(N)[C@H]2[C@@H](C[C@H]1OCc1cccc(F)c1)[C@]2(F)C(=O)O. The van der Waals surface area contributed by atoms with Crippen molar-refractivity contribution in [2.75, 3.05) is 0 Å². The number of halogens is 2. The number of esters is 1. The van der Waals surface area contributed by atoms with Crippen molar-refractivity contribution in [1.29, 1.82) is 0 Å². The normalized spacial score (nSPS) is 36.1. The number of carbonyl (C=O) groups is 3. The van der Waals surface area contributed by atoms with Gasteiger partial charge in [0.15, 0.2) is 0 Å². The molecule has 0 aromatic heterocycles. The average molecular weight is 554 g/mol. The second-order valence-corrected chi connectivity index (χ2v) is 11.6. The summed E-state index contributed by atoms with van der Waals surface area (Å²) in [7, 11) is 0. The maximum Gasteiger partial charge on any atom is 0.511 e. The minimum Gasteiger partial charge on any atom is -0.479 e. The number of fused-ring (bicyclic) bond motifs is 1. The highest BCUT2D eigenvalue weighted by Gasteiger charge is 2.85. The third kappa shape index (κ3) is 5.61. The van der Waals surface area contributed by atoms with Gasteiger partial charge in [-0.05, 0) is 54.7 Å². The molecule has 0 bridgehead atoms. The van der Waals surface area contributed by atoms with Crippen LogP contribution in [-0.4, -0.2) is 52.9 Å². The van der Waals surface area contributed by atoms with Gasteiger partial charge < -0.3 is 29.8 Å². The lowest BCUT2D eigenvalue weighted by Gasteiger charge is -2.36. The van der Waals surface area contributed by atoms with E-state index in [9.17, 15) is 23.9 Å². The van der Waals surface area contributed by atoms with E-state index in [2.05, 4.69) is 20.8 Å². The van der Waals surface area contributed by atoms with Crippen molar-refractivity contribution in [2.24, 2.45) is 35.3 Å². The van der Waals surface area contributed by atoms with Gasteiger partial charge in [-0.2, -0.15) is 0 Å². The van der Waals surface area contributed by atoms with Crippen molar-refractivity contribution in [3.63, 3.8) is 0 Å². The maximum atomic E-state index is 15.2. The number of ether oxygens (including phenoxy) is 4. The standard InChI is InChI=1S/C28H37F2NO8/c1-14(2)19-9-8-15(3)10-21(19)39-26(35)38-16(4)37-25(34)28(31)22(12-20-23(28)27(20,30)24(32)33)36-13-17-6-5-7-18(29)11-17/h5-7,11,14-16,19-23H,8-10,12-13,31H2,1-4H3,(H,32,33)/t15-,16-,19+,20-,21-,22-,23+,27-,28+/m1/s1. The molecule has 9 nitrogen and oxygen atoms in total. The Hall–Kier alpha value is -2.79. The number of carboxylic acids is 1. The zero-order valence-corrected chi connectivity index (χ0v) is 22.6. The summed E-state index contributed by atoms with van der Waals surface area (Å²) in [4.78, 5) is 37.4. The van der Waals surface area contributed by atoms with E-state index in [0.717, 1.165) is 12.8 Å². The zero-order chi connectivity index (χ0) is 28.7. The van der Waals surface area contributed by atoms with Gasteiger partial charge in [0.25, 0.3) is 0 Å². The Morgan fingerprint density at radius 2 is 1.87 bits per heavy atom. The molecule has 3 aliphatic carbocycles. The fourth-order valence-electron chi connectivity index (χ4n) is 6.43. The summed E-state index contributed by atoms with van der Waals surface area (Å²) in [5, 5.41) is 9.44. The van der Waals surface area contributed by atoms with E-state index in [1.807, 2.05) is 0 Å². The molecule has 0 amide bonds. The third-order valence-electron chi connectivity index (χ3n) is 8.57. The van der Waals surface area contributed by atoms with Gasteiger partial charge in [0.1, 0.15) is 17.5 Å². The summed E-state index contributed by atoms with van der Waals surface area (Å²) in [6.07, 6.45) is -1.39. The van der Waals surface area contributed by atoms with E-state index in [1.54, 1.807) is 6.07 Å². The average Bonchev–Trinajstić information content (AvgIpc) is 3.32. The van der Waals surface area contributed by atoms with Gasteiger partial charge in [-0.3, -0.25) is 0 Å². The van der Waals surface area contributed by atoms with Crippen LogP contribution in [0.5, 0.6) is 0 Å². The van der Waals surface area contributed by atoms with Crippen molar-refractivity contribution >= 4 is 18.1 Å². The van der Waals surface area contributed by atoms with E-state index in [4.69, 9.17) is 24.7 Å². The highest BCUT2D eigenvalue weighted by atomic mass is 19.1. The van der Waals surface area contributed by atoms with Crippen LogP contribution in [0.25, 0.3) is 0 Å². The number of alkyl halides is 1. The smallest absolute Gasteiger partial charge is 0.479 e. The van der Waals surface area contributed by atoms with E-state index >= 15 is 4.39 Å². The number of aliphatic carboxylic acids is 1. The van der Waals surface area contributed by atoms with Crippen LogP contribution >= 0.6 is 0 Å². The van der Waals surface area contributed by atoms with Crippen LogP contribution in [-0.2, 0) is 35.1 Å². The molecule has 3 aliphatic rings. The van der Waals surface area contributed by atoms with Crippen LogP contribution in [0.4, 0.5) is 13.6 Å². The molecule has 1 aromatic carbocycles. The summed E-state index contributed by atoms with van der Waals surface area (Å²) in [5.41, 5.74) is 1.96. The lowest BCUT2D eigenvalue weighted by molar-refractivity contribution is -0.184. The molecule has 0 saturated heterocycles. The van der Waals surface area contributed by atoms with Gasteiger partial charge in [-0.25, -0.2) is 23.2 Å². The first-order valence-corrected chi connectivity index (χ1v) is 13.4. The Morgan fingerprint density at radius 3 is 2.51 bits per heavy atom. The molecule has 3 N–H and O–H groups in total. The second-order valence-electron chi connectivity index (χ2n) is 11.6. The predicted octanol–water partition coefficient (Wildman–Crippen LogP) is 4.35.